The highest BCUT2D eigenvalue weighted by atomic mass is 19.3. The quantitative estimate of drug-likeness (QED) is 0.715. The number of nitrogens with two attached hydrogens (primary N) is 1. The van der Waals surface area contributed by atoms with Crippen LogP contribution in [0.3, 0.4) is 0 Å². The van der Waals surface area contributed by atoms with Gasteiger partial charge in [-0.25, -0.2) is 8.78 Å². The molecule has 5 heteroatoms. The number of likely N-dealkylation sites (tertiary alicyclic amines) is 1. The van der Waals surface area contributed by atoms with Crippen LogP contribution in [0.25, 0.3) is 0 Å². The zero-order valence-electron chi connectivity index (χ0n) is 18.8. The highest BCUT2D eigenvalue weighted by Crippen LogP contribution is 2.73. The zero-order chi connectivity index (χ0) is 22.0. The molecule has 1 aromatic carbocycles. The maximum absolute atomic E-state index is 14.2. The molecule has 4 saturated carbocycles. The van der Waals surface area contributed by atoms with Gasteiger partial charge in [0, 0.05) is 25.6 Å². The summed E-state index contributed by atoms with van der Waals surface area (Å²) in [7, 11) is 0. The molecular weight excluding hydrogens is 394 g/mol. The second-order valence-corrected chi connectivity index (χ2v) is 11.7. The second kappa shape index (κ2) is 7.26. The third kappa shape index (κ3) is 3.25. The molecule has 170 valence electrons. The van der Waals surface area contributed by atoms with Gasteiger partial charge in [0.2, 0.25) is 12.3 Å². The van der Waals surface area contributed by atoms with E-state index in [0.29, 0.717) is 24.8 Å². The number of benzene rings is 1. The Bertz CT molecular complexity index is 843. The lowest BCUT2D eigenvalue weighted by atomic mass is 9.61. The van der Waals surface area contributed by atoms with Crippen molar-refractivity contribution < 1.29 is 13.6 Å². The number of piperidine rings is 1. The van der Waals surface area contributed by atoms with Gasteiger partial charge in [-0.1, -0.05) is 44.2 Å². The normalized spacial score (nSPS) is 40.6. The summed E-state index contributed by atoms with van der Waals surface area (Å²) < 4.78 is 26.2. The van der Waals surface area contributed by atoms with Crippen molar-refractivity contribution in [1.29, 1.82) is 0 Å². The van der Waals surface area contributed by atoms with E-state index in [4.69, 9.17) is 5.73 Å². The Labute approximate surface area is 184 Å². The third-order valence-electron chi connectivity index (χ3n) is 9.51. The van der Waals surface area contributed by atoms with E-state index >= 15 is 0 Å². The highest BCUT2D eigenvalue weighted by Gasteiger charge is 2.71. The van der Waals surface area contributed by atoms with E-state index in [0.717, 1.165) is 38.6 Å². The summed E-state index contributed by atoms with van der Waals surface area (Å²) >= 11 is 0. The van der Waals surface area contributed by atoms with Crippen LogP contribution < -0.4 is 5.73 Å². The van der Waals surface area contributed by atoms with Gasteiger partial charge in [0.25, 0.3) is 0 Å². The first-order valence-corrected chi connectivity index (χ1v) is 12.1. The molecule has 1 heterocycles. The van der Waals surface area contributed by atoms with Crippen molar-refractivity contribution in [1.82, 2.24) is 4.90 Å². The van der Waals surface area contributed by atoms with Crippen LogP contribution in [0.1, 0.15) is 64.4 Å². The van der Waals surface area contributed by atoms with E-state index in [2.05, 4.69) is 43.0 Å². The molecule has 31 heavy (non-hydrogen) atoms. The Morgan fingerprint density at radius 1 is 1.19 bits per heavy atom. The molecule has 3 nitrogen and oxygen atoms in total. The first-order chi connectivity index (χ1) is 14.7. The van der Waals surface area contributed by atoms with Crippen molar-refractivity contribution in [2.75, 3.05) is 13.1 Å². The van der Waals surface area contributed by atoms with Crippen LogP contribution in [0.5, 0.6) is 0 Å². The van der Waals surface area contributed by atoms with E-state index in [9.17, 15) is 13.6 Å². The topological polar surface area (TPSA) is 46.3 Å². The summed E-state index contributed by atoms with van der Waals surface area (Å²) in [5, 5.41) is 0. The molecule has 1 aliphatic heterocycles. The van der Waals surface area contributed by atoms with Gasteiger partial charge in [0.1, 0.15) is 0 Å². The van der Waals surface area contributed by atoms with Crippen LogP contribution in [0.15, 0.2) is 30.3 Å². The zero-order valence-corrected chi connectivity index (χ0v) is 18.8. The van der Waals surface area contributed by atoms with E-state index in [-0.39, 0.29) is 40.5 Å². The molecule has 1 saturated heterocycles. The first kappa shape index (κ1) is 21.4. The molecule has 0 spiro atoms. The van der Waals surface area contributed by atoms with Crippen molar-refractivity contribution >= 4 is 5.91 Å². The number of alkyl halides is 2. The number of carbonyl (C=O) groups excluding carboxylic acids is 1. The molecule has 5 fully saturated rings. The molecule has 2 N–H and O–H groups in total. The second-order valence-electron chi connectivity index (χ2n) is 11.7. The van der Waals surface area contributed by atoms with E-state index in [1.54, 1.807) is 0 Å². The molecule has 4 bridgehead atoms. The summed E-state index contributed by atoms with van der Waals surface area (Å²) in [5.41, 5.74) is 7.25. The van der Waals surface area contributed by atoms with E-state index in [1.807, 2.05) is 6.07 Å². The number of halogens is 2. The monoisotopic (exact) mass is 430 g/mol. The molecule has 1 aromatic rings. The van der Waals surface area contributed by atoms with Crippen molar-refractivity contribution in [2.45, 2.75) is 76.7 Å². The van der Waals surface area contributed by atoms with E-state index in [1.165, 1.54) is 5.56 Å². The van der Waals surface area contributed by atoms with Crippen molar-refractivity contribution in [2.24, 2.45) is 34.3 Å². The fourth-order valence-corrected chi connectivity index (χ4v) is 8.11. The standard InChI is InChI=1S/C26H36F2N2O/c1-24(2)16-30(11-10-21(24)29)23(31)26-13-17-12-25(15-26,18-6-4-3-5-7-18)14-20(26)19(17)8-9-22(27)28/h3-7,17,19-22H,8-16,29H2,1-2H3/t17?,19?,20?,21-,25?,26?/m0/s1. The minimum absolute atomic E-state index is 0.0353. The largest absolute Gasteiger partial charge is 0.342 e. The lowest BCUT2D eigenvalue weighted by Crippen LogP contribution is -2.57. The maximum Gasteiger partial charge on any atom is 0.238 e. The van der Waals surface area contributed by atoms with Gasteiger partial charge in [0.15, 0.2) is 0 Å². The Balaban J connectivity index is 1.47. The lowest BCUT2D eigenvalue weighted by Gasteiger charge is -2.47. The van der Waals surface area contributed by atoms with Gasteiger partial charge >= 0.3 is 0 Å². The number of carbonyl (C=O) groups is 1. The molecule has 6 atom stereocenters. The van der Waals surface area contributed by atoms with Crippen molar-refractivity contribution in [3.63, 3.8) is 0 Å². The smallest absolute Gasteiger partial charge is 0.238 e. The van der Waals surface area contributed by atoms with Gasteiger partial charge < -0.3 is 10.6 Å². The molecule has 0 aromatic heterocycles. The number of rotatable bonds is 5. The summed E-state index contributed by atoms with van der Waals surface area (Å²) in [6, 6.07) is 10.8. The predicted molar refractivity (Wildman–Crippen MR) is 118 cm³/mol. The van der Waals surface area contributed by atoms with Gasteiger partial charge in [-0.05, 0) is 72.7 Å². The van der Waals surface area contributed by atoms with Crippen molar-refractivity contribution in [3.05, 3.63) is 35.9 Å². The SMILES string of the molecule is CC1(C)CN(C(=O)C23CC4CC(c5ccccc5)(CC2C4CCC(F)F)C3)CC[C@@H]1N. The Morgan fingerprint density at radius 3 is 2.61 bits per heavy atom. The van der Waals surface area contributed by atoms with Gasteiger partial charge in [0.05, 0.1) is 5.41 Å². The Hall–Kier alpha value is -1.49. The van der Waals surface area contributed by atoms with Gasteiger partial charge in [-0.3, -0.25) is 4.79 Å². The predicted octanol–water partition coefficient (Wildman–Crippen LogP) is 4.99. The number of hydrogen-bond acceptors (Lipinski definition) is 2. The Kier molecular flexibility index (Phi) is 5.00. The van der Waals surface area contributed by atoms with Crippen LogP contribution in [0, 0.1) is 28.6 Å². The lowest BCUT2D eigenvalue weighted by molar-refractivity contribution is -0.148. The highest BCUT2D eigenvalue weighted by molar-refractivity contribution is 5.85. The Morgan fingerprint density at radius 2 is 1.94 bits per heavy atom. The van der Waals surface area contributed by atoms with Gasteiger partial charge in [-0.2, -0.15) is 0 Å². The van der Waals surface area contributed by atoms with Crippen LogP contribution in [0.4, 0.5) is 8.78 Å². The average molecular weight is 431 g/mol. The van der Waals surface area contributed by atoms with Crippen LogP contribution in [0.2, 0.25) is 0 Å². The minimum atomic E-state index is -2.25. The number of amides is 1. The molecule has 1 amide bonds. The molecule has 5 unspecified atom stereocenters. The van der Waals surface area contributed by atoms with E-state index < -0.39 is 6.43 Å². The molecule has 5 aliphatic rings. The number of nitrogens with zero attached hydrogens (tertiary/aromatic N) is 1. The summed E-state index contributed by atoms with van der Waals surface area (Å²) in [4.78, 5) is 16.2. The third-order valence-corrected chi connectivity index (χ3v) is 9.51. The average Bonchev–Trinajstić information content (AvgIpc) is 3.10. The van der Waals surface area contributed by atoms with Gasteiger partial charge in [-0.15, -0.1) is 0 Å². The fraction of sp³-hybridized carbons (Fsp3) is 0.731. The molecule has 0 radical (unpaired) electrons. The molecule has 6 rings (SSSR count). The summed E-state index contributed by atoms with van der Waals surface area (Å²) in [6.45, 7) is 5.74. The minimum Gasteiger partial charge on any atom is -0.342 e. The van der Waals surface area contributed by atoms with Crippen LogP contribution in [-0.4, -0.2) is 36.4 Å². The van der Waals surface area contributed by atoms with Crippen molar-refractivity contribution in [3.8, 4) is 0 Å². The first-order valence-electron chi connectivity index (χ1n) is 12.1. The molecular formula is C26H36F2N2O. The number of hydrogen-bond donors (Lipinski definition) is 1. The summed E-state index contributed by atoms with van der Waals surface area (Å²) in [6.07, 6.45) is 2.91. The maximum atomic E-state index is 14.2. The van der Waals surface area contributed by atoms with Crippen LogP contribution >= 0.6 is 0 Å². The fourth-order valence-electron chi connectivity index (χ4n) is 8.11. The molecule has 4 aliphatic carbocycles. The van der Waals surface area contributed by atoms with Crippen LogP contribution in [-0.2, 0) is 10.2 Å². The summed E-state index contributed by atoms with van der Waals surface area (Å²) in [5.74, 6) is 1.17.